The van der Waals surface area contributed by atoms with Gasteiger partial charge < -0.3 is 14.0 Å². The topological polar surface area (TPSA) is 66.2 Å². The Labute approximate surface area is 168 Å². The Morgan fingerprint density at radius 1 is 1.11 bits per heavy atom. The average Bonchev–Trinajstić information content (AvgIpc) is 3.13. The van der Waals surface area contributed by atoms with Crippen LogP contribution in [-0.2, 0) is 13.0 Å². The minimum atomic E-state index is 0.486. The summed E-state index contributed by atoms with van der Waals surface area (Å²) in [7, 11) is 1.66. The second-order valence-electron chi connectivity index (χ2n) is 6.02. The Hall–Kier alpha value is -2.80. The monoisotopic (exact) mass is 397 g/mol. The van der Waals surface area contributed by atoms with Crippen LogP contribution in [0, 0.1) is 0 Å². The molecule has 1 aromatic heterocycles. The Bertz CT molecular complexity index is 910. The summed E-state index contributed by atoms with van der Waals surface area (Å²) in [6.07, 6.45) is 1.52. The SMILES string of the molecule is CCn1c(Cc2ccc(OC)cc2)nnc1SCCOc1ccccc1C=O. The lowest BCUT2D eigenvalue weighted by Crippen LogP contribution is -2.06. The van der Waals surface area contributed by atoms with E-state index in [0.717, 1.165) is 35.1 Å². The molecule has 0 saturated carbocycles. The quantitative estimate of drug-likeness (QED) is 0.294. The Kier molecular flexibility index (Phi) is 7.08. The predicted octanol–water partition coefficient (Wildman–Crippen LogP) is 3.88. The van der Waals surface area contributed by atoms with Crippen LogP contribution in [0.2, 0.25) is 0 Å². The number of benzene rings is 2. The summed E-state index contributed by atoms with van der Waals surface area (Å²) in [5, 5.41) is 9.57. The first kappa shape index (κ1) is 19.9. The lowest BCUT2D eigenvalue weighted by Gasteiger charge is -2.09. The fourth-order valence-corrected chi connectivity index (χ4v) is 3.63. The zero-order valence-corrected chi connectivity index (χ0v) is 16.8. The van der Waals surface area contributed by atoms with E-state index >= 15 is 0 Å². The summed E-state index contributed by atoms with van der Waals surface area (Å²) in [6, 6.07) is 15.2. The first-order chi connectivity index (χ1) is 13.7. The number of carbonyl (C=O) groups excluding carboxylic acids is 1. The maximum Gasteiger partial charge on any atom is 0.191 e. The summed E-state index contributed by atoms with van der Waals surface area (Å²) in [4.78, 5) is 11.0. The number of methoxy groups -OCH3 is 1. The smallest absolute Gasteiger partial charge is 0.191 e. The Morgan fingerprint density at radius 3 is 2.61 bits per heavy atom. The summed E-state index contributed by atoms with van der Waals surface area (Å²) in [5.74, 6) is 3.10. The molecular formula is C21H23N3O3S. The molecule has 28 heavy (non-hydrogen) atoms. The minimum absolute atomic E-state index is 0.486. The van der Waals surface area contributed by atoms with Crippen molar-refractivity contribution in [2.45, 2.75) is 25.0 Å². The molecule has 2 aromatic carbocycles. The van der Waals surface area contributed by atoms with Gasteiger partial charge in [0.25, 0.3) is 0 Å². The van der Waals surface area contributed by atoms with Crippen LogP contribution in [0.1, 0.15) is 28.7 Å². The van der Waals surface area contributed by atoms with Crippen LogP contribution in [0.15, 0.2) is 53.7 Å². The van der Waals surface area contributed by atoms with E-state index in [1.54, 1.807) is 31.0 Å². The van der Waals surface area contributed by atoms with Crippen molar-refractivity contribution in [3.05, 3.63) is 65.5 Å². The minimum Gasteiger partial charge on any atom is -0.497 e. The molecule has 0 bridgehead atoms. The van der Waals surface area contributed by atoms with E-state index in [-0.39, 0.29) is 0 Å². The van der Waals surface area contributed by atoms with Gasteiger partial charge >= 0.3 is 0 Å². The highest BCUT2D eigenvalue weighted by Gasteiger charge is 2.12. The number of ether oxygens (including phenoxy) is 2. The van der Waals surface area contributed by atoms with Crippen molar-refractivity contribution in [3.8, 4) is 11.5 Å². The zero-order chi connectivity index (χ0) is 19.8. The van der Waals surface area contributed by atoms with E-state index in [4.69, 9.17) is 9.47 Å². The molecule has 146 valence electrons. The molecule has 0 aliphatic carbocycles. The number of hydrogen-bond donors (Lipinski definition) is 0. The lowest BCUT2D eigenvalue weighted by atomic mass is 10.1. The zero-order valence-electron chi connectivity index (χ0n) is 16.0. The van der Waals surface area contributed by atoms with Crippen LogP contribution in [0.4, 0.5) is 0 Å². The molecule has 3 aromatic rings. The third-order valence-electron chi connectivity index (χ3n) is 4.25. The number of nitrogens with zero attached hydrogens (tertiary/aromatic N) is 3. The van der Waals surface area contributed by atoms with Gasteiger partial charge in [-0.15, -0.1) is 10.2 Å². The van der Waals surface area contributed by atoms with Gasteiger partial charge in [0.2, 0.25) is 0 Å². The summed E-state index contributed by atoms with van der Waals surface area (Å²) in [6.45, 7) is 3.37. The average molecular weight is 398 g/mol. The Balaban J connectivity index is 1.58. The van der Waals surface area contributed by atoms with Crippen LogP contribution in [0.5, 0.6) is 11.5 Å². The normalized spacial score (nSPS) is 10.6. The van der Waals surface area contributed by atoms with Crippen LogP contribution in [0.25, 0.3) is 0 Å². The van der Waals surface area contributed by atoms with Gasteiger partial charge in [-0.3, -0.25) is 4.79 Å². The van der Waals surface area contributed by atoms with Crippen molar-refractivity contribution in [2.75, 3.05) is 19.5 Å². The summed E-state index contributed by atoms with van der Waals surface area (Å²) >= 11 is 1.60. The van der Waals surface area contributed by atoms with Crippen molar-refractivity contribution in [1.82, 2.24) is 14.8 Å². The molecule has 0 atom stereocenters. The highest BCUT2D eigenvalue weighted by atomic mass is 32.2. The third kappa shape index (κ3) is 4.92. The van der Waals surface area contributed by atoms with Gasteiger partial charge in [-0.05, 0) is 36.8 Å². The van der Waals surface area contributed by atoms with E-state index in [1.807, 2.05) is 36.4 Å². The second-order valence-corrected chi connectivity index (χ2v) is 7.08. The molecule has 0 radical (unpaired) electrons. The molecule has 0 unspecified atom stereocenters. The molecule has 7 heteroatoms. The molecule has 1 heterocycles. The largest absolute Gasteiger partial charge is 0.497 e. The predicted molar refractivity (Wildman–Crippen MR) is 110 cm³/mol. The molecule has 0 spiro atoms. The van der Waals surface area contributed by atoms with Crippen molar-refractivity contribution in [2.24, 2.45) is 0 Å². The van der Waals surface area contributed by atoms with Gasteiger partial charge in [0, 0.05) is 18.7 Å². The maximum absolute atomic E-state index is 11.0. The number of para-hydroxylation sites is 1. The number of aldehydes is 1. The van der Waals surface area contributed by atoms with E-state index in [9.17, 15) is 4.79 Å². The van der Waals surface area contributed by atoms with E-state index in [2.05, 4.69) is 21.7 Å². The summed E-state index contributed by atoms with van der Waals surface area (Å²) < 4.78 is 13.0. The van der Waals surface area contributed by atoms with Crippen LogP contribution in [0.3, 0.4) is 0 Å². The molecule has 6 nitrogen and oxygen atoms in total. The van der Waals surface area contributed by atoms with E-state index in [0.29, 0.717) is 30.1 Å². The highest BCUT2D eigenvalue weighted by molar-refractivity contribution is 7.99. The van der Waals surface area contributed by atoms with Gasteiger partial charge in [-0.25, -0.2) is 0 Å². The van der Waals surface area contributed by atoms with Crippen molar-refractivity contribution >= 4 is 18.0 Å². The van der Waals surface area contributed by atoms with Crippen LogP contribution in [-0.4, -0.2) is 40.5 Å². The van der Waals surface area contributed by atoms with Crippen LogP contribution >= 0.6 is 11.8 Å². The standard InChI is InChI=1S/C21H23N3O3S/c1-3-24-20(14-16-8-10-18(26-2)11-9-16)22-23-21(24)28-13-12-27-19-7-5-4-6-17(19)15-25/h4-11,15H,3,12-14H2,1-2H3. The second kappa shape index (κ2) is 9.94. The number of hydrogen-bond acceptors (Lipinski definition) is 6. The van der Waals surface area contributed by atoms with Crippen LogP contribution < -0.4 is 9.47 Å². The first-order valence-electron chi connectivity index (χ1n) is 9.10. The van der Waals surface area contributed by atoms with Gasteiger partial charge in [0.05, 0.1) is 19.3 Å². The number of carbonyl (C=O) groups is 1. The molecule has 3 rings (SSSR count). The van der Waals surface area contributed by atoms with Gasteiger partial charge in [-0.2, -0.15) is 0 Å². The first-order valence-corrected chi connectivity index (χ1v) is 10.1. The molecule has 0 N–H and O–H groups in total. The Morgan fingerprint density at radius 2 is 1.89 bits per heavy atom. The third-order valence-corrected chi connectivity index (χ3v) is 5.18. The van der Waals surface area contributed by atoms with Gasteiger partial charge in [-0.1, -0.05) is 36.0 Å². The molecule has 0 aliphatic rings. The maximum atomic E-state index is 11.0. The van der Waals surface area contributed by atoms with Gasteiger partial charge in [0.1, 0.15) is 17.3 Å². The summed E-state index contributed by atoms with van der Waals surface area (Å²) in [5.41, 5.74) is 1.72. The highest BCUT2D eigenvalue weighted by Crippen LogP contribution is 2.21. The molecule has 0 amide bonds. The van der Waals surface area contributed by atoms with E-state index in [1.165, 1.54) is 0 Å². The van der Waals surface area contributed by atoms with Crippen molar-refractivity contribution in [1.29, 1.82) is 0 Å². The molecule has 0 saturated heterocycles. The van der Waals surface area contributed by atoms with Gasteiger partial charge in [0.15, 0.2) is 11.4 Å². The molecular weight excluding hydrogens is 374 g/mol. The van der Waals surface area contributed by atoms with Crippen molar-refractivity contribution in [3.63, 3.8) is 0 Å². The lowest BCUT2D eigenvalue weighted by molar-refractivity contribution is 0.112. The van der Waals surface area contributed by atoms with E-state index < -0.39 is 0 Å². The fourth-order valence-electron chi connectivity index (χ4n) is 2.79. The molecule has 0 aliphatic heterocycles. The van der Waals surface area contributed by atoms with Crippen molar-refractivity contribution < 1.29 is 14.3 Å². The fraction of sp³-hybridized carbons (Fsp3) is 0.286. The number of thioether (sulfide) groups is 1. The number of rotatable bonds is 10. The number of aromatic nitrogens is 3. The molecule has 0 fully saturated rings.